The average molecular weight is 316 g/mol. The molecule has 2 heterocycles. The van der Waals surface area contributed by atoms with Crippen molar-refractivity contribution in [3.63, 3.8) is 0 Å². The molecule has 122 valence electrons. The Morgan fingerprint density at radius 2 is 2.13 bits per heavy atom. The fourth-order valence-electron chi connectivity index (χ4n) is 2.91. The molecule has 2 aromatic rings. The quantitative estimate of drug-likeness (QED) is 0.942. The molecule has 1 amide bonds. The lowest BCUT2D eigenvalue weighted by Gasteiger charge is -2.34. The van der Waals surface area contributed by atoms with E-state index in [1.54, 1.807) is 35.3 Å². The highest BCUT2D eigenvalue weighted by atomic mass is 19.1. The molecular weight excluding hydrogens is 295 g/mol. The monoisotopic (exact) mass is 316 g/mol. The number of rotatable bonds is 4. The summed E-state index contributed by atoms with van der Waals surface area (Å²) in [5.41, 5.74) is 0.902. The maximum absolute atomic E-state index is 13.3. The van der Waals surface area contributed by atoms with Gasteiger partial charge in [-0.1, -0.05) is 6.07 Å². The van der Waals surface area contributed by atoms with Crippen LogP contribution in [0.5, 0.6) is 0 Å². The number of benzene rings is 1. The summed E-state index contributed by atoms with van der Waals surface area (Å²) in [6.45, 7) is 3.46. The zero-order chi connectivity index (χ0) is 16.2. The summed E-state index contributed by atoms with van der Waals surface area (Å²) in [6.07, 6.45) is 5.17. The summed E-state index contributed by atoms with van der Waals surface area (Å²) in [7, 11) is 0. The molecule has 0 spiro atoms. The third-order valence-corrected chi connectivity index (χ3v) is 4.32. The number of halogens is 1. The smallest absolute Gasteiger partial charge is 0.244 e. The van der Waals surface area contributed by atoms with Crippen LogP contribution in [0.3, 0.4) is 0 Å². The van der Waals surface area contributed by atoms with Crippen LogP contribution in [0.15, 0.2) is 42.7 Å². The van der Waals surface area contributed by atoms with Crippen LogP contribution in [-0.2, 0) is 4.79 Å². The Labute approximate surface area is 135 Å². The van der Waals surface area contributed by atoms with Gasteiger partial charge >= 0.3 is 0 Å². The molecule has 1 fully saturated rings. The molecule has 1 aliphatic rings. The van der Waals surface area contributed by atoms with Crippen molar-refractivity contribution in [1.82, 2.24) is 15.1 Å². The van der Waals surface area contributed by atoms with E-state index in [1.807, 2.05) is 13.0 Å². The molecule has 0 aliphatic carbocycles. The van der Waals surface area contributed by atoms with E-state index in [1.165, 1.54) is 6.07 Å². The van der Waals surface area contributed by atoms with Gasteiger partial charge in [0.15, 0.2) is 0 Å². The second-order valence-electron chi connectivity index (χ2n) is 5.91. The Bertz CT molecular complexity index is 650. The minimum absolute atomic E-state index is 0.0158. The topological polar surface area (TPSA) is 50.2 Å². The Balaban J connectivity index is 1.52. The van der Waals surface area contributed by atoms with Gasteiger partial charge in [-0.05, 0) is 44.0 Å². The number of aromatic nitrogens is 2. The lowest BCUT2D eigenvalue weighted by Crippen LogP contribution is -2.46. The van der Waals surface area contributed by atoms with E-state index in [0.29, 0.717) is 0 Å². The van der Waals surface area contributed by atoms with Crippen molar-refractivity contribution in [2.24, 2.45) is 0 Å². The number of anilines is 1. The first-order valence-corrected chi connectivity index (χ1v) is 7.93. The van der Waals surface area contributed by atoms with Crippen molar-refractivity contribution in [3.05, 3.63) is 48.5 Å². The minimum atomic E-state index is -0.314. The molecule has 0 radical (unpaired) electrons. The molecule has 1 atom stereocenters. The SMILES string of the molecule is CC(C(=O)NC1CCN(c2cccc(F)c2)CC1)n1cccn1. The van der Waals surface area contributed by atoms with Crippen LogP contribution < -0.4 is 10.2 Å². The minimum Gasteiger partial charge on any atom is -0.371 e. The van der Waals surface area contributed by atoms with Crippen molar-refractivity contribution < 1.29 is 9.18 Å². The molecule has 1 aromatic carbocycles. The lowest BCUT2D eigenvalue weighted by atomic mass is 10.0. The Morgan fingerprint density at radius 1 is 1.35 bits per heavy atom. The van der Waals surface area contributed by atoms with E-state index in [0.717, 1.165) is 31.6 Å². The molecule has 0 bridgehead atoms. The van der Waals surface area contributed by atoms with Gasteiger partial charge in [-0.25, -0.2) is 4.39 Å². The molecule has 0 saturated carbocycles. The van der Waals surface area contributed by atoms with Crippen LogP contribution in [0.2, 0.25) is 0 Å². The Hall–Kier alpha value is -2.37. The van der Waals surface area contributed by atoms with Gasteiger partial charge in [-0.15, -0.1) is 0 Å². The maximum Gasteiger partial charge on any atom is 0.244 e. The highest BCUT2D eigenvalue weighted by Gasteiger charge is 2.23. The first-order valence-electron chi connectivity index (χ1n) is 7.93. The van der Waals surface area contributed by atoms with E-state index in [-0.39, 0.29) is 23.8 Å². The van der Waals surface area contributed by atoms with Crippen LogP contribution in [-0.4, -0.2) is 34.8 Å². The van der Waals surface area contributed by atoms with Gasteiger partial charge in [-0.3, -0.25) is 9.48 Å². The van der Waals surface area contributed by atoms with Crippen LogP contribution in [0.4, 0.5) is 10.1 Å². The summed E-state index contributed by atoms with van der Waals surface area (Å²) in [4.78, 5) is 14.4. The number of nitrogens with zero attached hydrogens (tertiary/aromatic N) is 3. The summed E-state index contributed by atoms with van der Waals surface area (Å²) in [5.74, 6) is -0.233. The van der Waals surface area contributed by atoms with Crippen LogP contribution in [0, 0.1) is 5.82 Å². The van der Waals surface area contributed by atoms with Gasteiger partial charge in [0.05, 0.1) is 0 Å². The Kier molecular flexibility index (Phi) is 4.60. The first kappa shape index (κ1) is 15.5. The number of carbonyl (C=O) groups excluding carboxylic acids is 1. The number of amides is 1. The fourth-order valence-corrected chi connectivity index (χ4v) is 2.91. The van der Waals surface area contributed by atoms with Gasteiger partial charge in [-0.2, -0.15) is 5.10 Å². The Morgan fingerprint density at radius 3 is 2.78 bits per heavy atom. The highest BCUT2D eigenvalue weighted by Crippen LogP contribution is 2.21. The van der Waals surface area contributed by atoms with Crippen molar-refractivity contribution in [1.29, 1.82) is 0 Å². The zero-order valence-electron chi connectivity index (χ0n) is 13.2. The fraction of sp³-hybridized carbons (Fsp3) is 0.412. The van der Waals surface area contributed by atoms with Crippen molar-refractivity contribution in [2.75, 3.05) is 18.0 Å². The predicted molar refractivity (Wildman–Crippen MR) is 86.7 cm³/mol. The third-order valence-electron chi connectivity index (χ3n) is 4.32. The molecule has 5 nitrogen and oxygen atoms in total. The summed E-state index contributed by atoms with van der Waals surface area (Å²) in [5, 5.41) is 7.19. The predicted octanol–water partition coefficient (Wildman–Crippen LogP) is 2.37. The maximum atomic E-state index is 13.3. The molecule has 1 unspecified atom stereocenters. The molecule has 1 aromatic heterocycles. The van der Waals surface area contributed by atoms with Gasteiger partial charge < -0.3 is 10.2 Å². The van der Waals surface area contributed by atoms with Gasteiger partial charge in [0.1, 0.15) is 11.9 Å². The van der Waals surface area contributed by atoms with Gasteiger partial charge in [0, 0.05) is 37.2 Å². The largest absolute Gasteiger partial charge is 0.371 e. The van der Waals surface area contributed by atoms with E-state index in [4.69, 9.17) is 0 Å². The first-order chi connectivity index (χ1) is 11.1. The van der Waals surface area contributed by atoms with E-state index in [2.05, 4.69) is 15.3 Å². The van der Waals surface area contributed by atoms with E-state index < -0.39 is 0 Å². The summed E-state index contributed by atoms with van der Waals surface area (Å²) >= 11 is 0. The highest BCUT2D eigenvalue weighted by molar-refractivity contribution is 5.80. The second kappa shape index (κ2) is 6.81. The van der Waals surface area contributed by atoms with Gasteiger partial charge in [0.25, 0.3) is 0 Å². The van der Waals surface area contributed by atoms with E-state index >= 15 is 0 Å². The average Bonchev–Trinajstić information content (AvgIpc) is 3.09. The number of nitrogens with one attached hydrogen (secondary N) is 1. The number of piperidine rings is 1. The molecule has 1 saturated heterocycles. The third kappa shape index (κ3) is 3.70. The zero-order valence-corrected chi connectivity index (χ0v) is 13.2. The van der Waals surface area contributed by atoms with Crippen molar-refractivity contribution >= 4 is 11.6 Å². The van der Waals surface area contributed by atoms with Crippen molar-refractivity contribution in [3.8, 4) is 0 Å². The molecule has 23 heavy (non-hydrogen) atoms. The number of hydrogen-bond donors (Lipinski definition) is 1. The summed E-state index contributed by atoms with van der Waals surface area (Å²) < 4.78 is 15.0. The molecule has 3 rings (SSSR count). The molecular formula is C17H21FN4O. The van der Waals surface area contributed by atoms with Crippen LogP contribution >= 0.6 is 0 Å². The number of carbonyl (C=O) groups is 1. The van der Waals surface area contributed by atoms with Crippen molar-refractivity contribution in [2.45, 2.75) is 31.8 Å². The standard InChI is InChI=1S/C17H21FN4O/c1-13(22-9-3-8-19-22)17(23)20-15-6-10-21(11-7-15)16-5-2-4-14(18)12-16/h2-5,8-9,12-13,15H,6-7,10-11H2,1H3,(H,20,23). The molecule has 6 heteroatoms. The number of hydrogen-bond acceptors (Lipinski definition) is 3. The molecule has 1 aliphatic heterocycles. The normalized spacial score (nSPS) is 17.0. The lowest BCUT2D eigenvalue weighted by molar-refractivity contribution is -0.125. The summed E-state index contributed by atoms with van der Waals surface area (Å²) in [6, 6.07) is 8.30. The second-order valence-corrected chi connectivity index (χ2v) is 5.91. The van der Waals surface area contributed by atoms with E-state index in [9.17, 15) is 9.18 Å². The van der Waals surface area contributed by atoms with Crippen LogP contribution in [0.25, 0.3) is 0 Å². The molecule has 1 N–H and O–H groups in total. The van der Waals surface area contributed by atoms with Gasteiger partial charge in [0.2, 0.25) is 5.91 Å². The van der Waals surface area contributed by atoms with Crippen LogP contribution in [0.1, 0.15) is 25.8 Å².